The van der Waals surface area contributed by atoms with Crippen LogP contribution < -0.4 is 5.73 Å². The van der Waals surface area contributed by atoms with Crippen molar-refractivity contribution in [1.82, 2.24) is 4.98 Å². The molecule has 0 saturated carbocycles. The summed E-state index contributed by atoms with van der Waals surface area (Å²) in [4.78, 5) is 3.86. The number of halogens is 1. The number of hydrogen-bond acceptors (Lipinski definition) is 3. The first-order chi connectivity index (χ1) is 5.97. The van der Waals surface area contributed by atoms with Crippen LogP contribution in [0.5, 0.6) is 0 Å². The van der Waals surface area contributed by atoms with Crippen molar-refractivity contribution in [3.8, 4) is 0 Å². The second-order valence-electron chi connectivity index (χ2n) is 3.61. The number of rotatable bonds is 2. The van der Waals surface area contributed by atoms with Crippen molar-refractivity contribution < 1.29 is 9.50 Å². The Morgan fingerprint density at radius 1 is 1.54 bits per heavy atom. The van der Waals surface area contributed by atoms with Gasteiger partial charge >= 0.3 is 0 Å². The van der Waals surface area contributed by atoms with Crippen LogP contribution >= 0.6 is 0 Å². The van der Waals surface area contributed by atoms with Crippen LogP contribution in [-0.4, -0.2) is 16.7 Å². The summed E-state index contributed by atoms with van der Waals surface area (Å²) in [6.45, 7) is 3.57. The minimum Gasteiger partial charge on any atom is -0.395 e. The van der Waals surface area contributed by atoms with Gasteiger partial charge in [0.25, 0.3) is 0 Å². The van der Waals surface area contributed by atoms with E-state index in [1.54, 1.807) is 0 Å². The molecule has 0 aliphatic carbocycles. The number of pyridine rings is 1. The third-order valence-electron chi connectivity index (χ3n) is 1.96. The highest BCUT2D eigenvalue weighted by molar-refractivity contribution is 5.33. The zero-order valence-corrected chi connectivity index (χ0v) is 7.71. The lowest BCUT2D eigenvalue weighted by molar-refractivity contribution is 0.215. The summed E-state index contributed by atoms with van der Waals surface area (Å²) in [5, 5.41) is 9.03. The quantitative estimate of drug-likeness (QED) is 0.722. The third-order valence-corrected chi connectivity index (χ3v) is 1.96. The topological polar surface area (TPSA) is 59.1 Å². The van der Waals surface area contributed by atoms with Gasteiger partial charge < -0.3 is 10.8 Å². The fourth-order valence-electron chi connectivity index (χ4n) is 0.916. The molecule has 0 spiro atoms. The Hall–Kier alpha value is -1.16. The van der Waals surface area contributed by atoms with Gasteiger partial charge in [-0.1, -0.05) is 13.8 Å². The molecule has 1 aromatic heterocycles. The van der Waals surface area contributed by atoms with E-state index in [1.165, 1.54) is 12.1 Å². The van der Waals surface area contributed by atoms with Gasteiger partial charge in [0.1, 0.15) is 0 Å². The molecule has 0 bridgehead atoms. The van der Waals surface area contributed by atoms with Crippen molar-refractivity contribution in [2.24, 2.45) is 0 Å². The van der Waals surface area contributed by atoms with Crippen LogP contribution in [0, 0.1) is 5.82 Å². The van der Waals surface area contributed by atoms with Crippen molar-refractivity contribution >= 4 is 5.82 Å². The third kappa shape index (κ3) is 1.95. The molecule has 3 N–H and O–H groups in total. The fourth-order valence-corrected chi connectivity index (χ4v) is 0.916. The highest BCUT2D eigenvalue weighted by atomic mass is 19.1. The monoisotopic (exact) mass is 184 g/mol. The molecule has 0 unspecified atom stereocenters. The van der Waals surface area contributed by atoms with Crippen molar-refractivity contribution in [3.63, 3.8) is 0 Å². The molecule has 72 valence electrons. The Balaban J connectivity index is 3.10. The maximum atomic E-state index is 12.7. The van der Waals surface area contributed by atoms with Crippen molar-refractivity contribution in [2.75, 3.05) is 12.3 Å². The van der Waals surface area contributed by atoms with Gasteiger partial charge in [-0.2, -0.15) is 0 Å². The van der Waals surface area contributed by atoms with Gasteiger partial charge in [0.15, 0.2) is 11.6 Å². The van der Waals surface area contributed by atoms with E-state index in [0.717, 1.165) is 0 Å². The predicted octanol–water partition coefficient (Wildman–Crippen LogP) is 1.07. The molecule has 0 aromatic carbocycles. The minimum atomic E-state index is -0.530. The lowest BCUT2D eigenvalue weighted by Gasteiger charge is -2.20. The van der Waals surface area contributed by atoms with E-state index >= 15 is 0 Å². The lowest BCUT2D eigenvalue weighted by atomic mass is 9.90. The van der Waals surface area contributed by atoms with Gasteiger partial charge in [-0.25, -0.2) is 9.37 Å². The molecule has 1 heterocycles. The molecule has 0 aliphatic heterocycles. The van der Waals surface area contributed by atoms with Gasteiger partial charge in [-0.15, -0.1) is 0 Å². The Bertz CT molecular complexity index is 312. The molecular formula is C9H13FN2O. The van der Waals surface area contributed by atoms with Crippen LogP contribution in [0.2, 0.25) is 0 Å². The smallest absolute Gasteiger partial charge is 0.165 e. The van der Waals surface area contributed by atoms with Gasteiger partial charge in [0, 0.05) is 5.41 Å². The van der Waals surface area contributed by atoms with Crippen LogP contribution in [-0.2, 0) is 5.41 Å². The second kappa shape index (κ2) is 3.30. The van der Waals surface area contributed by atoms with Crippen LogP contribution in [0.1, 0.15) is 19.5 Å². The van der Waals surface area contributed by atoms with E-state index in [9.17, 15) is 4.39 Å². The minimum absolute atomic E-state index is 0.0505. The first-order valence-electron chi connectivity index (χ1n) is 4.01. The number of nitrogens with zero attached hydrogens (tertiary/aromatic N) is 1. The number of aromatic nitrogens is 1. The Labute approximate surface area is 76.4 Å². The molecule has 0 radical (unpaired) electrons. The number of aliphatic hydroxyl groups excluding tert-OH is 1. The van der Waals surface area contributed by atoms with Crippen LogP contribution in [0.15, 0.2) is 12.1 Å². The highest BCUT2D eigenvalue weighted by Crippen LogP contribution is 2.21. The van der Waals surface area contributed by atoms with Gasteiger partial charge in [0.2, 0.25) is 0 Å². The average molecular weight is 184 g/mol. The second-order valence-corrected chi connectivity index (χ2v) is 3.61. The Morgan fingerprint density at radius 2 is 2.15 bits per heavy atom. The zero-order valence-electron chi connectivity index (χ0n) is 7.71. The maximum absolute atomic E-state index is 12.7. The molecule has 0 atom stereocenters. The standard InChI is InChI=1S/C9H13FN2O/c1-9(2,5-13)7-4-3-6(10)8(11)12-7/h3-4,13H,5H2,1-2H3,(H2,11,12). The predicted molar refractivity (Wildman–Crippen MR) is 48.7 cm³/mol. The Kier molecular flexibility index (Phi) is 2.52. The van der Waals surface area contributed by atoms with Crippen LogP contribution in [0.4, 0.5) is 10.2 Å². The average Bonchev–Trinajstić information content (AvgIpc) is 2.09. The van der Waals surface area contributed by atoms with Gasteiger partial charge in [-0.3, -0.25) is 0 Å². The molecule has 0 saturated heterocycles. The maximum Gasteiger partial charge on any atom is 0.165 e. The molecule has 13 heavy (non-hydrogen) atoms. The Morgan fingerprint density at radius 3 is 2.62 bits per heavy atom. The van der Waals surface area contributed by atoms with Crippen LogP contribution in [0.3, 0.4) is 0 Å². The molecule has 0 aliphatic rings. The number of nitrogen functional groups attached to an aromatic ring is 1. The summed E-state index contributed by atoms with van der Waals surface area (Å²) in [6.07, 6.45) is 0. The number of aliphatic hydroxyl groups is 1. The normalized spacial score (nSPS) is 11.7. The van der Waals surface area contributed by atoms with Crippen molar-refractivity contribution in [3.05, 3.63) is 23.6 Å². The molecule has 1 rings (SSSR count). The SMILES string of the molecule is CC(C)(CO)c1ccc(F)c(N)n1. The van der Waals surface area contributed by atoms with E-state index in [-0.39, 0.29) is 12.4 Å². The summed E-state index contributed by atoms with van der Waals surface area (Å²) in [5.74, 6) is -0.656. The molecule has 1 aromatic rings. The van der Waals surface area contributed by atoms with E-state index in [4.69, 9.17) is 10.8 Å². The first kappa shape index (κ1) is 9.92. The highest BCUT2D eigenvalue weighted by Gasteiger charge is 2.21. The molecule has 0 fully saturated rings. The molecule has 0 amide bonds. The first-order valence-corrected chi connectivity index (χ1v) is 4.01. The number of anilines is 1. The zero-order chi connectivity index (χ0) is 10.1. The van der Waals surface area contributed by atoms with E-state index in [1.807, 2.05) is 13.8 Å². The van der Waals surface area contributed by atoms with Crippen LogP contribution in [0.25, 0.3) is 0 Å². The summed E-state index contributed by atoms with van der Waals surface area (Å²) >= 11 is 0. The summed E-state index contributed by atoms with van der Waals surface area (Å²) in [7, 11) is 0. The molecule has 3 nitrogen and oxygen atoms in total. The van der Waals surface area contributed by atoms with E-state index < -0.39 is 11.2 Å². The van der Waals surface area contributed by atoms with Crippen molar-refractivity contribution in [1.29, 1.82) is 0 Å². The number of nitrogens with two attached hydrogens (primary N) is 1. The summed E-state index contributed by atoms with van der Waals surface area (Å²) in [6, 6.07) is 2.79. The molecular weight excluding hydrogens is 171 g/mol. The summed E-state index contributed by atoms with van der Waals surface area (Å²) in [5.41, 5.74) is 5.41. The van der Waals surface area contributed by atoms with E-state index in [0.29, 0.717) is 5.69 Å². The molecule has 4 heteroatoms. The lowest BCUT2D eigenvalue weighted by Crippen LogP contribution is -2.24. The summed E-state index contributed by atoms with van der Waals surface area (Å²) < 4.78 is 12.7. The fraction of sp³-hybridized carbons (Fsp3) is 0.444. The van der Waals surface area contributed by atoms with Gasteiger partial charge in [-0.05, 0) is 12.1 Å². The van der Waals surface area contributed by atoms with Crippen molar-refractivity contribution in [2.45, 2.75) is 19.3 Å². The largest absolute Gasteiger partial charge is 0.395 e. The van der Waals surface area contributed by atoms with E-state index in [2.05, 4.69) is 4.98 Å². The number of hydrogen-bond donors (Lipinski definition) is 2. The van der Waals surface area contributed by atoms with Gasteiger partial charge in [0.05, 0.1) is 12.3 Å².